The molecular weight excluding hydrogens is 296 g/mol. The summed E-state index contributed by atoms with van der Waals surface area (Å²) in [6.45, 7) is 4.03. The first-order valence-corrected chi connectivity index (χ1v) is 7.74. The molecule has 1 saturated heterocycles. The third-order valence-electron chi connectivity index (χ3n) is 3.33. The molecule has 20 heavy (non-hydrogen) atoms. The first kappa shape index (κ1) is 15.2. The van der Waals surface area contributed by atoms with Crippen molar-refractivity contribution in [2.45, 2.75) is 20.3 Å². The lowest BCUT2D eigenvalue weighted by molar-refractivity contribution is -0.117. The molecule has 4 nitrogen and oxygen atoms in total. The van der Waals surface area contributed by atoms with Crippen LogP contribution in [0.4, 0.5) is 11.4 Å². The van der Waals surface area contributed by atoms with E-state index in [1.807, 2.05) is 13.0 Å². The van der Waals surface area contributed by atoms with Gasteiger partial charge in [0, 0.05) is 30.7 Å². The van der Waals surface area contributed by atoms with Crippen molar-refractivity contribution in [3.8, 4) is 0 Å². The molecule has 6 heteroatoms. The van der Waals surface area contributed by atoms with E-state index in [4.69, 9.17) is 17.3 Å². The number of anilines is 2. The summed E-state index contributed by atoms with van der Waals surface area (Å²) in [5.74, 6) is 0.906. The average molecular weight is 313 g/mol. The predicted molar refractivity (Wildman–Crippen MR) is 84.2 cm³/mol. The van der Waals surface area contributed by atoms with Gasteiger partial charge in [0.25, 0.3) is 0 Å². The minimum Gasteiger partial charge on any atom is -0.397 e. The molecule has 2 rings (SSSR count). The van der Waals surface area contributed by atoms with Crippen molar-refractivity contribution in [3.63, 3.8) is 0 Å². The highest BCUT2D eigenvalue weighted by molar-refractivity contribution is 8.13. The summed E-state index contributed by atoms with van der Waals surface area (Å²) in [6, 6.07) is 3.52. The van der Waals surface area contributed by atoms with Crippen LogP contribution in [0, 0.1) is 12.8 Å². The maximum atomic E-state index is 12.1. The molecule has 1 unspecified atom stereocenters. The fourth-order valence-electron chi connectivity index (χ4n) is 2.28. The van der Waals surface area contributed by atoms with Gasteiger partial charge in [0.15, 0.2) is 5.12 Å². The number of benzene rings is 1. The van der Waals surface area contributed by atoms with Gasteiger partial charge in [0.2, 0.25) is 5.91 Å². The van der Waals surface area contributed by atoms with Gasteiger partial charge in [-0.05, 0) is 30.5 Å². The quantitative estimate of drug-likeness (QED) is 0.872. The smallest absolute Gasteiger partial charge is 0.227 e. The third-order valence-corrected chi connectivity index (χ3v) is 4.78. The molecule has 1 heterocycles. The summed E-state index contributed by atoms with van der Waals surface area (Å²) in [6.07, 6.45) is 0.460. The van der Waals surface area contributed by atoms with Crippen LogP contribution in [0.5, 0.6) is 0 Å². The van der Waals surface area contributed by atoms with Gasteiger partial charge in [-0.25, -0.2) is 0 Å². The van der Waals surface area contributed by atoms with E-state index in [0.717, 1.165) is 5.56 Å². The van der Waals surface area contributed by atoms with Crippen molar-refractivity contribution < 1.29 is 9.59 Å². The van der Waals surface area contributed by atoms with Gasteiger partial charge in [0.1, 0.15) is 0 Å². The van der Waals surface area contributed by atoms with E-state index in [-0.39, 0.29) is 16.9 Å². The number of carbonyl (C=O) groups excluding carboxylic acids is 2. The molecular formula is C14H17ClN2O2S. The van der Waals surface area contributed by atoms with Gasteiger partial charge in [0.05, 0.1) is 11.4 Å². The molecule has 0 spiro atoms. The number of hydrogen-bond acceptors (Lipinski definition) is 4. The lowest BCUT2D eigenvalue weighted by Crippen LogP contribution is -2.25. The molecule has 1 aliphatic rings. The van der Waals surface area contributed by atoms with E-state index >= 15 is 0 Å². The fourth-order valence-corrected chi connectivity index (χ4v) is 3.14. The van der Waals surface area contributed by atoms with E-state index in [0.29, 0.717) is 35.1 Å². The van der Waals surface area contributed by atoms with Gasteiger partial charge < -0.3 is 10.6 Å². The Kier molecular flexibility index (Phi) is 4.60. The van der Waals surface area contributed by atoms with E-state index in [1.165, 1.54) is 11.8 Å². The van der Waals surface area contributed by atoms with Crippen LogP contribution in [0.3, 0.4) is 0 Å². The Morgan fingerprint density at radius 1 is 1.55 bits per heavy atom. The number of thioether (sulfide) groups is 1. The van der Waals surface area contributed by atoms with Crippen molar-refractivity contribution in [1.82, 2.24) is 0 Å². The highest BCUT2D eigenvalue weighted by atomic mass is 35.5. The molecule has 0 saturated carbocycles. The molecule has 0 aromatic heterocycles. The van der Waals surface area contributed by atoms with Gasteiger partial charge in [-0.1, -0.05) is 23.4 Å². The number of nitrogen functional groups attached to an aromatic ring is 1. The summed E-state index contributed by atoms with van der Waals surface area (Å²) in [5.41, 5.74) is 8.08. The van der Waals surface area contributed by atoms with Crippen LogP contribution in [0.15, 0.2) is 12.1 Å². The van der Waals surface area contributed by atoms with Crippen LogP contribution in [0.25, 0.3) is 0 Å². The Bertz CT molecular complexity index is 562. The molecule has 1 aromatic rings. The number of aryl methyl sites for hydroxylation is 1. The summed E-state index contributed by atoms with van der Waals surface area (Å²) < 4.78 is 0. The van der Waals surface area contributed by atoms with Crippen LogP contribution < -0.4 is 10.6 Å². The zero-order valence-corrected chi connectivity index (χ0v) is 13.1. The minimum atomic E-state index is 0.0487. The summed E-state index contributed by atoms with van der Waals surface area (Å²) in [4.78, 5) is 24.8. The molecule has 1 aromatic carbocycles. The second-order valence-electron chi connectivity index (χ2n) is 5.04. The first-order chi connectivity index (χ1) is 9.38. The predicted octanol–water partition coefficient (Wildman–Crippen LogP) is 2.86. The van der Waals surface area contributed by atoms with Gasteiger partial charge in [-0.3, -0.25) is 9.59 Å². The van der Waals surface area contributed by atoms with Crippen molar-refractivity contribution >= 4 is 45.8 Å². The number of carbonyl (C=O) groups is 2. The topological polar surface area (TPSA) is 63.4 Å². The van der Waals surface area contributed by atoms with Crippen molar-refractivity contribution in [1.29, 1.82) is 0 Å². The van der Waals surface area contributed by atoms with E-state index < -0.39 is 0 Å². The Balaban J connectivity index is 2.16. The second kappa shape index (κ2) is 6.06. The Labute approximate surface area is 127 Å². The highest BCUT2D eigenvalue weighted by Crippen LogP contribution is 2.34. The Hall–Kier alpha value is -1.20. The lowest BCUT2D eigenvalue weighted by Gasteiger charge is -2.20. The van der Waals surface area contributed by atoms with Crippen LogP contribution in [0.1, 0.15) is 18.9 Å². The van der Waals surface area contributed by atoms with Crippen molar-refractivity contribution in [2.24, 2.45) is 5.92 Å². The molecule has 2 N–H and O–H groups in total. The number of nitrogens with zero attached hydrogens (tertiary/aromatic N) is 1. The fraction of sp³-hybridized carbons (Fsp3) is 0.429. The van der Waals surface area contributed by atoms with E-state index in [2.05, 4.69) is 0 Å². The number of hydrogen-bond donors (Lipinski definition) is 1. The van der Waals surface area contributed by atoms with Crippen LogP contribution in [-0.4, -0.2) is 23.3 Å². The Morgan fingerprint density at radius 2 is 2.25 bits per heavy atom. The summed E-state index contributed by atoms with van der Waals surface area (Å²) in [5, 5.41) is 0.680. The lowest BCUT2D eigenvalue weighted by atomic mass is 10.1. The molecule has 1 fully saturated rings. The van der Waals surface area contributed by atoms with Gasteiger partial charge in [-0.2, -0.15) is 0 Å². The minimum absolute atomic E-state index is 0.0487. The highest BCUT2D eigenvalue weighted by Gasteiger charge is 2.31. The van der Waals surface area contributed by atoms with Gasteiger partial charge >= 0.3 is 0 Å². The molecule has 1 amide bonds. The third kappa shape index (κ3) is 3.27. The second-order valence-corrected chi connectivity index (χ2v) is 6.64. The molecule has 108 valence electrons. The van der Waals surface area contributed by atoms with E-state index in [9.17, 15) is 9.59 Å². The van der Waals surface area contributed by atoms with E-state index in [1.54, 1.807) is 17.9 Å². The Morgan fingerprint density at radius 3 is 2.90 bits per heavy atom. The first-order valence-electron chi connectivity index (χ1n) is 6.38. The number of amides is 1. The summed E-state index contributed by atoms with van der Waals surface area (Å²) >= 11 is 7.29. The normalized spacial score (nSPS) is 18.6. The standard InChI is InChI=1S/C14H17ClN2O2S/c1-8-3-13(12(16)5-11(8)15)17-6-10(4-14(17)19)7-20-9(2)18/h3,5,10H,4,6-7,16H2,1-2H3. The van der Waals surface area contributed by atoms with Crippen LogP contribution in [0.2, 0.25) is 5.02 Å². The van der Waals surface area contributed by atoms with Crippen LogP contribution in [-0.2, 0) is 9.59 Å². The number of nitrogens with two attached hydrogens (primary N) is 1. The molecule has 0 aliphatic carbocycles. The van der Waals surface area contributed by atoms with Crippen LogP contribution >= 0.6 is 23.4 Å². The number of halogens is 1. The van der Waals surface area contributed by atoms with Gasteiger partial charge in [-0.15, -0.1) is 0 Å². The number of rotatable bonds is 3. The largest absolute Gasteiger partial charge is 0.397 e. The van der Waals surface area contributed by atoms with Crippen molar-refractivity contribution in [3.05, 3.63) is 22.7 Å². The maximum Gasteiger partial charge on any atom is 0.227 e. The maximum absolute atomic E-state index is 12.1. The zero-order chi connectivity index (χ0) is 14.9. The molecule has 1 atom stereocenters. The molecule has 0 radical (unpaired) electrons. The molecule has 0 bridgehead atoms. The SMILES string of the molecule is CC(=O)SCC1CC(=O)N(c2cc(C)c(Cl)cc2N)C1. The molecule has 1 aliphatic heterocycles. The zero-order valence-electron chi connectivity index (χ0n) is 11.5. The summed E-state index contributed by atoms with van der Waals surface area (Å²) in [7, 11) is 0. The van der Waals surface area contributed by atoms with Crippen molar-refractivity contribution in [2.75, 3.05) is 22.9 Å². The average Bonchev–Trinajstić information content (AvgIpc) is 2.72. The monoisotopic (exact) mass is 312 g/mol.